The number of hydrogen-bond acceptors (Lipinski definition) is 3. The van der Waals surface area contributed by atoms with Gasteiger partial charge in [0.25, 0.3) is 0 Å². The summed E-state index contributed by atoms with van der Waals surface area (Å²) in [5.41, 5.74) is 2.32. The maximum Gasteiger partial charge on any atom is 0.321 e. The number of ether oxygens (including phenoxy) is 1. The molecule has 0 aromatic carbocycles. The molecule has 0 amide bonds. The lowest BCUT2D eigenvalue weighted by Gasteiger charge is -2.35. The molecule has 17 heavy (non-hydrogen) atoms. The van der Waals surface area contributed by atoms with Gasteiger partial charge in [-0.3, -0.25) is 9.59 Å². The second kappa shape index (κ2) is 3.83. The Morgan fingerprint density at radius 3 is 2.88 bits per heavy atom. The molecule has 0 aromatic rings. The number of rotatable bonds is 0. The first-order chi connectivity index (χ1) is 8.22. The van der Waals surface area contributed by atoms with Crippen LogP contribution >= 0.6 is 0 Å². The predicted octanol–water partition coefficient (Wildman–Crippen LogP) is 2.38. The Bertz CT molecular complexity index is 444. The van der Waals surface area contributed by atoms with E-state index in [0.29, 0.717) is 0 Å². The fourth-order valence-electron chi connectivity index (χ4n) is 3.47. The topological polar surface area (TPSA) is 43.4 Å². The van der Waals surface area contributed by atoms with Crippen LogP contribution in [0.4, 0.5) is 0 Å². The Morgan fingerprint density at radius 2 is 2.12 bits per heavy atom. The van der Waals surface area contributed by atoms with Gasteiger partial charge in [0.05, 0.1) is 11.8 Å². The van der Waals surface area contributed by atoms with Gasteiger partial charge < -0.3 is 4.74 Å². The van der Waals surface area contributed by atoms with E-state index in [2.05, 4.69) is 6.08 Å². The number of hydrogen-bond donors (Lipinski definition) is 0. The molecule has 90 valence electrons. The van der Waals surface area contributed by atoms with E-state index in [0.717, 1.165) is 24.8 Å². The maximum absolute atomic E-state index is 11.8. The molecule has 0 bridgehead atoms. The third-order valence-electron chi connectivity index (χ3n) is 4.27. The predicted molar refractivity (Wildman–Crippen MR) is 61.9 cm³/mol. The second-order valence-corrected chi connectivity index (χ2v) is 5.10. The zero-order valence-corrected chi connectivity index (χ0v) is 9.94. The number of cyclic esters (lactones) is 2. The molecule has 3 aliphatic rings. The van der Waals surface area contributed by atoms with Gasteiger partial charge in [0, 0.05) is 0 Å². The van der Waals surface area contributed by atoms with Gasteiger partial charge in [-0.1, -0.05) is 24.1 Å². The zero-order chi connectivity index (χ0) is 12.0. The van der Waals surface area contributed by atoms with Crippen LogP contribution in [0.3, 0.4) is 0 Å². The summed E-state index contributed by atoms with van der Waals surface area (Å²) < 4.78 is 4.84. The van der Waals surface area contributed by atoms with Crippen LogP contribution in [0.1, 0.15) is 32.6 Å². The lowest BCUT2D eigenvalue weighted by molar-refractivity contribution is -0.153. The first-order valence-corrected chi connectivity index (χ1v) is 6.34. The van der Waals surface area contributed by atoms with Crippen LogP contribution in [0.2, 0.25) is 0 Å². The van der Waals surface area contributed by atoms with Crippen molar-refractivity contribution in [3.8, 4) is 0 Å². The smallest absolute Gasteiger partial charge is 0.321 e. The normalized spacial score (nSPS) is 38.5. The highest BCUT2D eigenvalue weighted by atomic mass is 16.6. The van der Waals surface area contributed by atoms with Crippen LogP contribution in [0, 0.1) is 17.8 Å². The van der Waals surface area contributed by atoms with Gasteiger partial charge in [-0.25, -0.2) is 0 Å². The van der Waals surface area contributed by atoms with Gasteiger partial charge >= 0.3 is 11.9 Å². The highest BCUT2D eigenvalue weighted by Gasteiger charge is 2.52. The van der Waals surface area contributed by atoms with E-state index in [9.17, 15) is 9.59 Å². The van der Waals surface area contributed by atoms with Gasteiger partial charge in [0.2, 0.25) is 0 Å². The van der Waals surface area contributed by atoms with E-state index in [1.54, 1.807) is 0 Å². The molecule has 0 unspecified atom stereocenters. The van der Waals surface area contributed by atoms with Gasteiger partial charge in [-0.2, -0.15) is 0 Å². The minimum absolute atomic E-state index is 0.242. The van der Waals surface area contributed by atoms with Crippen LogP contribution in [0.5, 0.6) is 0 Å². The van der Waals surface area contributed by atoms with Crippen LogP contribution in [-0.4, -0.2) is 11.9 Å². The number of esters is 2. The van der Waals surface area contributed by atoms with Gasteiger partial charge in [0.1, 0.15) is 0 Å². The molecule has 0 aromatic heterocycles. The van der Waals surface area contributed by atoms with Crippen molar-refractivity contribution in [1.29, 1.82) is 0 Å². The van der Waals surface area contributed by atoms with E-state index in [1.807, 2.05) is 13.0 Å². The summed E-state index contributed by atoms with van der Waals surface area (Å²) in [4.78, 5) is 23.6. The second-order valence-electron chi connectivity index (χ2n) is 5.10. The summed E-state index contributed by atoms with van der Waals surface area (Å²) in [6, 6.07) is 0. The molecule has 0 spiro atoms. The van der Waals surface area contributed by atoms with Crippen LogP contribution in [0.25, 0.3) is 0 Å². The Hall–Kier alpha value is -1.38. The molecule has 1 aliphatic heterocycles. The van der Waals surface area contributed by atoms with Gasteiger partial charge in [0.15, 0.2) is 0 Å². The highest BCUT2D eigenvalue weighted by molar-refractivity contribution is 5.99. The first kappa shape index (κ1) is 10.8. The van der Waals surface area contributed by atoms with Crippen molar-refractivity contribution >= 4 is 11.9 Å². The molecule has 2 fully saturated rings. The molecule has 0 N–H and O–H groups in total. The Kier molecular flexibility index (Phi) is 2.42. The average molecular weight is 232 g/mol. The molecular formula is C14H16O3. The first-order valence-electron chi connectivity index (χ1n) is 6.34. The van der Waals surface area contributed by atoms with E-state index < -0.39 is 0 Å². The van der Waals surface area contributed by atoms with Crippen molar-refractivity contribution in [2.24, 2.45) is 17.8 Å². The number of allylic oxidation sites excluding steroid dienone is 3. The zero-order valence-electron chi connectivity index (χ0n) is 9.94. The molecule has 1 heterocycles. The van der Waals surface area contributed by atoms with E-state index in [-0.39, 0.29) is 29.7 Å². The quantitative estimate of drug-likeness (QED) is 0.475. The van der Waals surface area contributed by atoms with Crippen LogP contribution < -0.4 is 0 Å². The monoisotopic (exact) mass is 232 g/mol. The van der Waals surface area contributed by atoms with E-state index in [1.165, 1.54) is 12.0 Å². The van der Waals surface area contributed by atoms with Crippen molar-refractivity contribution in [3.05, 3.63) is 23.3 Å². The minimum atomic E-state index is -0.353. The molecule has 3 nitrogen and oxygen atoms in total. The summed E-state index contributed by atoms with van der Waals surface area (Å²) in [7, 11) is 0. The lowest BCUT2D eigenvalue weighted by Crippen LogP contribution is -2.33. The molecule has 2 aliphatic carbocycles. The fourth-order valence-corrected chi connectivity index (χ4v) is 3.47. The number of carbonyl (C=O) groups excluding carboxylic acids is 2. The van der Waals surface area contributed by atoms with Crippen molar-refractivity contribution in [2.45, 2.75) is 32.6 Å². The molecule has 3 atom stereocenters. The largest absolute Gasteiger partial charge is 0.392 e. The Labute approximate surface area is 101 Å². The molecular weight excluding hydrogens is 216 g/mol. The third-order valence-corrected chi connectivity index (χ3v) is 4.27. The van der Waals surface area contributed by atoms with Gasteiger partial charge in [-0.15, -0.1) is 0 Å². The molecule has 3 heteroatoms. The van der Waals surface area contributed by atoms with Crippen molar-refractivity contribution in [1.82, 2.24) is 0 Å². The van der Waals surface area contributed by atoms with E-state index >= 15 is 0 Å². The molecule has 1 saturated heterocycles. The number of fused-ring (bicyclic) bond motifs is 3. The molecule has 1 saturated carbocycles. The fraction of sp³-hybridized carbons (Fsp3) is 0.571. The molecule has 0 radical (unpaired) electrons. The summed E-state index contributed by atoms with van der Waals surface area (Å²) >= 11 is 0. The van der Waals surface area contributed by atoms with Crippen molar-refractivity contribution < 1.29 is 14.3 Å². The Balaban J connectivity index is 2.08. The van der Waals surface area contributed by atoms with Crippen molar-refractivity contribution in [3.63, 3.8) is 0 Å². The summed E-state index contributed by atoms with van der Waals surface area (Å²) in [5.74, 6) is -0.990. The SMILES string of the molecule is C/C=C1\C=C2CCCC[C@H]2[C@H]2C(=O)OC(=O)[C@@H]12. The lowest BCUT2D eigenvalue weighted by atomic mass is 9.66. The summed E-state index contributed by atoms with van der Waals surface area (Å²) in [6.07, 6.45) is 8.50. The summed E-state index contributed by atoms with van der Waals surface area (Å²) in [6.45, 7) is 1.92. The van der Waals surface area contributed by atoms with Crippen molar-refractivity contribution in [2.75, 3.05) is 0 Å². The van der Waals surface area contributed by atoms with E-state index in [4.69, 9.17) is 4.74 Å². The Morgan fingerprint density at radius 1 is 1.29 bits per heavy atom. The maximum atomic E-state index is 11.8. The van der Waals surface area contributed by atoms with Crippen LogP contribution in [0.15, 0.2) is 23.3 Å². The molecule has 3 rings (SSSR count). The standard InChI is InChI=1S/C14H16O3/c1-2-8-7-9-5-3-4-6-10(9)12-11(8)13(15)17-14(12)16/h2,7,10-12H,3-6H2,1H3/b8-2+/t10-,11+,12-/m1/s1. The minimum Gasteiger partial charge on any atom is -0.392 e. The van der Waals surface area contributed by atoms with Gasteiger partial charge in [-0.05, 0) is 37.7 Å². The highest BCUT2D eigenvalue weighted by Crippen LogP contribution is 2.48. The van der Waals surface area contributed by atoms with Crippen LogP contribution in [-0.2, 0) is 14.3 Å². The summed E-state index contributed by atoms with van der Waals surface area (Å²) in [5, 5.41) is 0. The third kappa shape index (κ3) is 1.48. The number of carbonyl (C=O) groups is 2. The average Bonchev–Trinajstić information content (AvgIpc) is 2.65.